The van der Waals surface area contributed by atoms with Gasteiger partial charge in [-0.1, -0.05) is 66.4 Å². The molecule has 1 amide bonds. The third kappa shape index (κ3) is 6.00. The van der Waals surface area contributed by atoms with E-state index in [2.05, 4.69) is 4.98 Å². The summed E-state index contributed by atoms with van der Waals surface area (Å²) in [6, 6.07) is 20.7. The summed E-state index contributed by atoms with van der Waals surface area (Å²) in [6.45, 7) is 0.147. The molecule has 1 N–H and O–H groups in total. The average Bonchev–Trinajstić information content (AvgIpc) is 3.10. The molecule has 0 spiro atoms. The Hall–Kier alpha value is -3.69. The summed E-state index contributed by atoms with van der Waals surface area (Å²) < 4.78 is 12.2. The molecule has 1 aromatic heterocycles. The number of hydrogen-bond acceptors (Lipinski definition) is 7. The topological polar surface area (TPSA) is 89.0 Å². The van der Waals surface area contributed by atoms with Gasteiger partial charge in [0.25, 0.3) is 5.91 Å². The fourth-order valence-electron chi connectivity index (χ4n) is 3.14. The Morgan fingerprint density at radius 3 is 2.53 bits per heavy atom. The van der Waals surface area contributed by atoms with Crippen LogP contribution >= 0.6 is 24.0 Å². The molecule has 7 nitrogen and oxygen atoms in total. The highest BCUT2D eigenvalue weighted by atomic mass is 32.2. The van der Waals surface area contributed by atoms with Crippen molar-refractivity contribution < 1.29 is 24.2 Å². The monoisotopic (exact) mass is 492 g/mol. The highest BCUT2D eigenvalue weighted by Gasteiger charge is 2.33. The average molecular weight is 493 g/mol. The van der Waals surface area contributed by atoms with Crippen molar-refractivity contribution in [2.45, 2.75) is 13.2 Å². The Morgan fingerprint density at radius 1 is 1.03 bits per heavy atom. The van der Waals surface area contributed by atoms with E-state index in [1.807, 2.05) is 48.5 Å². The van der Waals surface area contributed by atoms with Gasteiger partial charge in [0.15, 0.2) is 11.5 Å². The first-order valence-electron chi connectivity index (χ1n) is 10.3. The number of thioether (sulfide) groups is 1. The molecule has 34 heavy (non-hydrogen) atoms. The fraction of sp³-hybridized carbons (Fsp3) is 0.120. The van der Waals surface area contributed by atoms with Gasteiger partial charge in [-0.3, -0.25) is 19.5 Å². The summed E-state index contributed by atoms with van der Waals surface area (Å²) in [5.41, 5.74) is 2.48. The van der Waals surface area contributed by atoms with Gasteiger partial charge in [0.1, 0.15) is 24.1 Å². The molecule has 2 aromatic carbocycles. The normalized spacial score (nSPS) is 14.5. The lowest BCUT2D eigenvalue weighted by atomic mass is 10.1. The Bertz CT molecular complexity index is 1230. The van der Waals surface area contributed by atoms with Gasteiger partial charge in [-0.05, 0) is 41.5 Å². The molecule has 9 heteroatoms. The standard InChI is InChI=1S/C25H20N2O5S2/c28-23(29)14-27-24(30)22(34-25(27)33)13-18-9-10-20(32-16-19-8-4-5-11-26-19)21(12-18)31-15-17-6-2-1-3-7-17/h1-13H,14-16H2,(H,28,29)/b22-13-. The largest absolute Gasteiger partial charge is 0.485 e. The summed E-state index contributed by atoms with van der Waals surface area (Å²) >= 11 is 6.24. The highest BCUT2D eigenvalue weighted by Crippen LogP contribution is 2.35. The van der Waals surface area contributed by atoms with Crippen molar-refractivity contribution in [2.24, 2.45) is 0 Å². The molecule has 1 aliphatic rings. The summed E-state index contributed by atoms with van der Waals surface area (Å²) in [5.74, 6) is -0.505. The van der Waals surface area contributed by atoms with Crippen LogP contribution in [0.4, 0.5) is 0 Å². The number of amides is 1. The van der Waals surface area contributed by atoms with Crippen LogP contribution in [0, 0.1) is 0 Å². The van der Waals surface area contributed by atoms with Gasteiger partial charge in [-0.15, -0.1) is 0 Å². The predicted molar refractivity (Wildman–Crippen MR) is 133 cm³/mol. The van der Waals surface area contributed by atoms with E-state index in [1.165, 1.54) is 0 Å². The van der Waals surface area contributed by atoms with E-state index in [0.717, 1.165) is 27.9 Å². The number of hydrogen-bond donors (Lipinski definition) is 1. The quantitative estimate of drug-likeness (QED) is 0.344. The van der Waals surface area contributed by atoms with Gasteiger partial charge in [-0.25, -0.2) is 0 Å². The number of aliphatic carboxylic acids is 1. The predicted octanol–water partition coefficient (Wildman–Crippen LogP) is 4.53. The van der Waals surface area contributed by atoms with E-state index in [-0.39, 0.29) is 10.9 Å². The highest BCUT2D eigenvalue weighted by molar-refractivity contribution is 8.26. The van der Waals surface area contributed by atoms with E-state index >= 15 is 0 Å². The maximum Gasteiger partial charge on any atom is 0.323 e. The fourth-order valence-corrected chi connectivity index (χ4v) is 4.40. The van der Waals surface area contributed by atoms with Crippen LogP contribution in [0.15, 0.2) is 77.8 Å². The first-order valence-corrected chi connectivity index (χ1v) is 11.5. The molecule has 0 unspecified atom stereocenters. The molecule has 1 saturated heterocycles. The number of aromatic nitrogens is 1. The number of benzene rings is 2. The SMILES string of the molecule is O=C(O)CN1C(=O)/C(=C/c2ccc(OCc3ccccn3)c(OCc3ccccc3)c2)SC1=S. The first kappa shape index (κ1) is 23.5. The van der Waals surface area contributed by atoms with Crippen LogP contribution in [0.1, 0.15) is 16.8 Å². The molecule has 0 bridgehead atoms. The number of carboxylic acid groups (broad SMARTS) is 1. The zero-order chi connectivity index (χ0) is 23.9. The molecule has 4 rings (SSSR count). The van der Waals surface area contributed by atoms with Gasteiger partial charge in [0.2, 0.25) is 0 Å². The van der Waals surface area contributed by atoms with E-state index in [0.29, 0.717) is 28.6 Å². The Labute approximate surface area is 206 Å². The van der Waals surface area contributed by atoms with E-state index in [1.54, 1.807) is 30.5 Å². The lowest BCUT2D eigenvalue weighted by Crippen LogP contribution is -2.33. The zero-order valence-electron chi connectivity index (χ0n) is 17.9. The third-order valence-corrected chi connectivity index (χ3v) is 6.15. The van der Waals surface area contributed by atoms with Crippen LogP contribution in [0.5, 0.6) is 11.5 Å². The zero-order valence-corrected chi connectivity index (χ0v) is 19.6. The lowest BCUT2D eigenvalue weighted by Gasteiger charge is -2.14. The summed E-state index contributed by atoms with van der Waals surface area (Å²) in [4.78, 5) is 29.3. The van der Waals surface area contributed by atoms with Gasteiger partial charge >= 0.3 is 5.97 Å². The van der Waals surface area contributed by atoms with Gasteiger partial charge in [-0.2, -0.15) is 0 Å². The van der Waals surface area contributed by atoms with E-state index in [4.69, 9.17) is 26.8 Å². The van der Waals surface area contributed by atoms with Crippen LogP contribution in [-0.4, -0.2) is 37.7 Å². The number of carboxylic acids is 1. The minimum atomic E-state index is -1.12. The van der Waals surface area contributed by atoms with Crippen LogP contribution in [0.2, 0.25) is 0 Å². The van der Waals surface area contributed by atoms with Gasteiger partial charge in [0.05, 0.1) is 10.6 Å². The van der Waals surface area contributed by atoms with Gasteiger partial charge in [0, 0.05) is 6.20 Å². The molecule has 0 aliphatic carbocycles. The Kier molecular flexibility index (Phi) is 7.56. The van der Waals surface area contributed by atoms with Crippen LogP contribution in [-0.2, 0) is 22.8 Å². The molecule has 0 atom stereocenters. The minimum Gasteiger partial charge on any atom is -0.485 e. The molecular formula is C25H20N2O5S2. The van der Waals surface area contributed by atoms with E-state index < -0.39 is 18.4 Å². The molecule has 2 heterocycles. The molecular weight excluding hydrogens is 472 g/mol. The number of carbonyl (C=O) groups excluding carboxylic acids is 1. The molecule has 172 valence electrons. The molecule has 0 radical (unpaired) electrons. The second-order valence-corrected chi connectivity index (χ2v) is 8.93. The number of pyridine rings is 1. The van der Waals surface area contributed by atoms with Crippen molar-refractivity contribution >= 4 is 46.3 Å². The second kappa shape index (κ2) is 11.0. The molecule has 1 fully saturated rings. The second-order valence-electron chi connectivity index (χ2n) is 7.25. The van der Waals surface area contributed by atoms with Crippen molar-refractivity contribution in [3.05, 3.63) is 94.7 Å². The first-order chi connectivity index (χ1) is 16.5. The molecule has 0 saturated carbocycles. The lowest BCUT2D eigenvalue weighted by molar-refractivity contribution is -0.140. The summed E-state index contributed by atoms with van der Waals surface area (Å²) in [7, 11) is 0. The van der Waals surface area contributed by atoms with Crippen LogP contribution < -0.4 is 9.47 Å². The van der Waals surface area contributed by atoms with Crippen molar-refractivity contribution in [2.75, 3.05) is 6.54 Å². The van der Waals surface area contributed by atoms with Crippen molar-refractivity contribution in [1.29, 1.82) is 0 Å². The maximum absolute atomic E-state index is 12.6. The molecule has 1 aliphatic heterocycles. The number of ether oxygens (including phenoxy) is 2. The van der Waals surface area contributed by atoms with Crippen LogP contribution in [0.25, 0.3) is 6.08 Å². The van der Waals surface area contributed by atoms with Crippen molar-refractivity contribution in [3.63, 3.8) is 0 Å². The third-order valence-electron chi connectivity index (χ3n) is 4.77. The van der Waals surface area contributed by atoms with Crippen LogP contribution in [0.3, 0.4) is 0 Å². The molecule has 3 aromatic rings. The number of carbonyl (C=O) groups is 2. The maximum atomic E-state index is 12.6. The number of rotatable bonds is 9. The summed E-state index contributed by atoms with van der Waals surface area (Å²) in [6.07, 6.45) is 3.37. The van der Waals surface area contributed by atoms with Crippen molar-refractivity contribution in [1.82, 2.24) is 9.88 Å². The summed E-state index contributed by atoms with van der Waals surface area (Å²) in [5, 5.41) is 9.02. The van der Waals surface area contributed by atoms with Crippen molar-refractivity contribution in [3.8, 4) is 11.5 Å². The van der Waals surface area contributed by atoms with Gasteiger partial charge < -0.3 is 14.6 Å². The Morgan fingerprint density at radius 2 is 1.79 bits per heavy atom. The minimum absolute atomic E-state index is 0.217. The number of nitrogens with zero attached hydrogens (tertiary/aromatic N) is 2. The number of thiocarbonyl (C=S) groups is 1. The smallest absolute Gasteiger partial charge is 0.323 e. The van der Waals surface area contributed by atoms with E-state index in [9.17, 15) is 9.59 Å². The Balaban J connectivity index is 1.57.